The van der Waals surface area contributed by atoms with Crippen molar-refractivity contribution in [2.75, 3.05) is 5.88 Å². The lowest BCUT2D eigenvalue weighted by atomic mass is 10.1. The molecule has 76 valence electrons. The minimum absolute atomic E-state index is 0.444. The van der Waals surface area contributed by atoms with Gasteiger partial charge in [-0.25, -0.2) is 0 Å². The predicted octanol–water partition coefficient (Wildman–Crippen LogP) is 5.29. The highest BCUT2D eigenvalue weighted by molar-refractivity contribution is 6.44. The van der Waals surface area contributed by atoms with Crippen molar-refractivity contribution in [3.63, 3.8) is 0 Å². The summed E-state index contributed by atoms with van der Waals surface area (Å²) >= 11 is 23.5. The van der Waals surface area contributed by atoms with Crippen LogP contribution in [-0.4, -0.2) is 5.88 Å². The smallest absolute Gasteiger partial charge is 0.0679 e. The molecule has 0 amide bonds. The average molecular weight is 270 g/mol. The summed E-state index contributed by atoms with van der Waals surface area (Å²) in [6, 6.07) is 3.38. The molecule has 0 N–H and O–H groups in total. The third kappa shape index (κ3) is 2.80. The molecule has 0 aliphatic carbocycles. The highest BCUT2D eigenvalue weighted by Gasteiger charge is 2.07. The summed E-state index contributed by atoms with van der Waals surface area (Å²) in [6.07, 6.45) is 1.84. The highest BCUT2D eigenvalue weighted by Crippen LogP contribution is 2.32. The first-order valence-electron chi connectivity index (χ1n) is 3.93. The molecule has 0 spiro atoms. The number of alkyl halides is 1. The molecule has 14 heavy (non-hydrogen) atoms. The van der Waals surface area contributed by atoms with Crippen LogP contribution in [0.1, 0.15) is 12.5 Å². The number of hydrogen-bond donors (Lipinski definition) is 0. The zero-order valence-electron chi connectivity index (χ0n) is 7.45. The molecule has 0 nitrogen and oxygen atoms in total. The molecule has 1 rings (SSSR count). The Morgan fingerprint density at radius 3 is 2.36 bits per heavy atom. The molecule has 0 aliphatic rings. The van der Waals surface area contributed by atoms with Crippen molar-refractivity contribution in [3.05, 3.63) is 38.3 Å². The lowest BCUT2D eigenvalue weighted by Crippen LogP contribution is -1.83. The van der Waals surface area contributed by atoms with Crippen LogP contribution in [-0.2, 0) is 0 Å². The van der Waals surface area contributed by atoms with Gasteiger partial charge in [0, 0.05) is 16.5 Å². The van der Waals surface area contributed by atoms with E-state index in [0.717, 1.165) is 11.1 Å². The number of allylic oxidation sites excluding steroid dienone is 1. The van der Waals surface area contributed by atoms with Crippen LogP contribution >= 0.6 is 46.4 Å². The van der Waals surface area contributed by atoms with Crippen molar-refractivity contribution in [2.45, 2.75) is 6.92 Å². The van der Waals surface area contributed by atoms with Crippen molar-refractivity contribution in [1.29, 1.82) is 0 Å². The number of rotatable bonds is 2. The van der Waals surface area contributed by atoms with E-state index in [0.29, 0.717) is 20.9 Å². The van der Waals surface area contributed by atoms with Crippen LogP contribution in [0.2, 0.25) is 15.1 Å². The standard InChI is InChI=1S/C10H8Cl4/c1-6(5-11)4-7-8(12)2-3-9(13)10(7)14/h2-4H,5H2,1H3/b6-4-. The van der Waals surface area contributed by atoms with Gasteiger partial charge >= 0.3 is 0 Å². The second-order valence-electron chi connectivity index (χ2n) is 2.88. The summed E-state index contributed by atoms with van der Waals surface area (Å²) in [6.45, 7) is 1.90. The summed E-state index contributed by atoms with van der Waals surface area (Å²) in [4.78, 5) is 0. The van der Waals surface area contributed by atoms with Gasteiger partial charge in [0.05, 0.1) is 10.0 Å². The van der Waals surface area contributed by atoms with Crippen LogP contribution in [0.25, 0.3) is 6.08 Å². The summed E-state index contributed by atoms with van der Waals surface area (Å²) in [7, 11) is 0. The van der Waals surface area contributed by atoms with Crippen molar-refractivity contribution >= 4 is 52.5 Å². The Balaban J connectivity index is 3.26. The van der Waals surface area contributed by atoms with E-state index in [1.807, 2.05) is 13.0 Å². The van der Waals surface area contributed by atoms with Gasteiger partial charge in [0.15, 0.2) is 0 Å². The minimum Gasteiger partial charge on any atom is -0.122 e. The fraction of sp³-hybridized carbons (Fsp3) is 0.200. The third-order valence-corrected chi connectivity index (χ3v) is 3.25. The molecule has 0 radical (unpaired) electrons. The van der Waals surface area contributed by atoms with E-state index in [1.165, 1.54) is 0 Å². The quantitative estimate of drug-likeness (QED) is 0.506. The molecule has 0 atom stereocenters. The maximum Gasteiger partial charge on any atom is 0.0679 e. The van der Waals surface area contributed by atoms with Gasteiger partial charge in [-0.1, -0.05) is 46.5 Å². The van der Waals surface area contributed by atoms with Gasteiger partial charge in [-0.2, -0.15) is 0 Å². The van der Waals surface area contributed by atoms with E-state index in [-0.39, 0.29) is 0 Å². The zero-order chi connectivity index (χ0) is 10.7. The van der Waals surface area contributed by atoms with Gasteiger partial charge in [0.1, 0.15) is 0 Å². The van der Waals surface area contributed by atoms with E-state index in [9.17, 15) is 0 Å². The first-order chi connectivity index (χ1) is 6.56. The maximum absolute atomic E-state index is 6.00. The topological polar surface area (TPSA) is 0 Å². The van der Waals surface area contributed by atoms with E-state index in [2.05, 4.69) is 0 Å². The third-order valence-electron chi connectivity index (χ3n) is 1.68. The first-order valence-corrected chi connectivity index (χ1v) is 5.59. The molecule has 0 saturated heterocycles. The SMILES string of the molecule is C/C(=C/c1c(Cl)ccc(Cl)c1Cl)CCl. The van der Waals surface area contributed by atoms with Gasteiger partial charge < -0.3 is 0 Å². The monoisotopic (exact) mass is 268 g/mol. The summed E-state index contributed by atoms with van der Waals surface area (Å²) in [5.41, 5.74) is 1.71. The van der Waals surface area contributed by atoms with Crippen LogP contribution in [0, 0.1) is 0 Å². The van der Waals surface area contributed by atoms with Gasteiger partial charge in [0.2, 0.25) is 0 Å². The fourth-order valence-corrected chi connectivity index (χ4v) is 1.68. The van der Waals surface area contributed by atoms with E-state index < -0.39 is 0 Å². The van der Waals surface area contributed by atoms with Crippen LogP contribution in [0.15, 0.2) is 17.7 Å². The highest BCUT2D eigenvalue weighted by atomic mass is 35.5. The molecule has 0 saturated carbocycles. The van der Waals surface area contributed by atoms with Crippen LogP contribution in [0.4, 0.5) is 0 Å². The Bertz CT molecular complexity index is 369. The lowest BCUT2D eigenvalue weighted by Gasteiger charge is -2.04. The van der Waals surface area contributed by atoms with Crippen molar-refractivity contribution in [3.8, 4) is 0 Å². The average Bonchev–Trinajstić information content (AvgIpc) is 2.18. The second kappa shape index (κ2) is 5.27. The molecule has 0 heterocycles. The summed E-state index contributed by atoms with van der Waals surface area (Å²) in [5, 5.41) is 1.53. The Kier molecular flexibility index (Phi) is 4.59. The Hall–Kier alpha value is 0.120. The van der Waals surface area contributed by atoms with Crippen molar-refractivity contribution in [1.82, 2.24) is 0 Å². The van der Waals surface area contributed by atoms with E-state index in [4.69, 9.17) is 46.4 Å². The summed E-state index contributed by atoms with van der Waals surface area (Å²) in [5.74, 6) is 0.444. The maximum atomic E-state index is 6.00. The van der Waals surface area contributed by atoms with Crippen LogP contribution in [0.5, 0.6) is 0 Å². The molecule has 0 unspecified atom stereocenters. The molecule has 1 aromatic rings. The Labute approximate surface area is 103 Å². The van der Waals surface area contributed by atoms with Gasteiger partial charge in [-0.05, 0) is 19.1 Å². The molecule has 1 aromatic carbocycles. The Morgan fingerprint density at radius 1 is 1.21 bits per heavy atom. The normalized spacial score (nSPS) is 11.9. The number of halogens is 4. The lowest BCUT2D eigenvalue weighted by molar-refractivity contribution is 1.43. The fourth-order valence-electron chi connectivity index (χ4n) is 0.960. The van der Waals surface area contributed by atoms with Crippen molar-refractivity contribution in [2.24, 2.45) is 0 Å². The van der Waals surface area contributed by atoms with Gasteiger partial charge in [-0.3, -0.25) is 0 Å². The zero-order valence-corrected chi connectivity index (χ0v) is 10.5. The Morgan fingerprint density at radius 2 is 1.79 bits per heavy atom. The van der Waals surface area contributed by atoms with Crippen LogP contribution in [0.3, 0.4) is 0 Å². The molecule has 0 aliphatic heterocycles. The molecule has 0 aromatic heterocycles. The first kappa shape index (κ1) is 12.2. The number of hydrogen-bond acceptors (Lipinski definition) is 0. The van der Waals surface area contributed by atoms with Crippen molar-refractivity contribution < 1.29 is 0 Å². The molecule has 0 fully saturated rings. The van der Waals surface area contributed by atoms with E-state index >= 15 is 0 Å². The minimum atomic E-state index is 0.444. The van der Waals surface area contributed by atoms with Gasteiger partial charge in [-0.15, -0.1) is 11.6 Å². The predicted molar refractivity (Wildman–Crippen MR) is 65.8 cm³/mol. The second-order valence-corrected chi connectivity index (χ2v) is 4.34. The summed E-state index contributed by atoms with van der Waals surface area (Å²) < 4.78 is 0. The molecule has 0 bridgehead atoms. The molecule has 4 heteroatoms. The van der Waals surface area contributed by atoms with E-state index in [1.54, 1.807) is 12.1 Å². The largest absolute Gasteiger partial charge is 0.122 e. The molecular weight excluding hydrogens is 262 g/mol. The van der Waals surface area contributed by atoms with Gasteiger partial charge in [0.25, 0.3) is 0 Å². The molecular formula is C10H8Cl4. The number of benzene rings is 1. The van der Waals surface area contributed by atoms with Crippen LogP contribution < -0.4 is 0 Å².